The molecule has 0 fully saturated rings. The second kappa shape index (κ2) is 9.41. The summed E-state index contributed by atoms with van der Waals surface area (Å²) in [7, 11) is 0. The highest BCUT2D eigenvalue weighted by Crippen LogP contribution is 2.37. The molecule has 158 valence electrons. The Labute approximate surface area is 190 Å². The highest BCUT2D eigenvalue weighted by molar-refractivity contribution is 7.99. The maximum Gasteiger partial charge on any atom is 0.221 e. The summed E-state index contributed by atoms with van der Waals surface area (Å²) >= 11 is 7.56. The van der Waals surface area contributed by atoms with Crippen LogP contribution in [-0.2, 0) is 17.9 Å². The highest BCUT2D eigenvalue weighted by Gasteiger charge is 2.16. The third-order valence-electron chi connectivity index (χ3n) is 4.78. The average molecular weight is 452 g/mol. The van der Waals surface area contributed by atoms with Crippen LogP contribution in [0.25, 0.3) is 10.8 Å². The standard InChI is InChI=1S/C23H22ClN5OS/c1-3-29-21(14-25-18-9-6-8-17(24)13-18)27-28-23(29)31-20-12-11-16-7-4-5-10-19(16)22(20)26-15(2)30/h4-13,25H,3,14H2,1-2H3,(H,26,30). The summed E-state index contributed by atoms with van der Waals surface area (Å²) in [5.74, 6) is 0.716. The van der Waals surface area contributed by atoms with Gasteiger partial charge in [0.15, 0.2) is 11.0 Å². The van der Waals surface area contributed by atoms with Crippen LogP contribution in [0.4, 0.5) is 11.4 Å². The molecule has 0 radical (unpaired) electrons. The number of fused-ring (bicyclic) bond motifs is 1. The van der Waals surface area contributed by atoms with E-state index in [1.807, 2.05) is 54.6 Å². The van der Waals surface area contributed by atoms with Crippen molar-refractivity contribution in [1.82, 2.24) is 14.8 Å². The molecule has 0 bridgehead atoms. The molecule has 1 heterocycles. The number of hydrogen-bond donors (Lipinski definition) is 2. The van der Waals surface area contributed by atoms with E-state index in [0.717, 1.165) is 44.6 Å². The molecule has 1 amide bonds. The Bertz CT molecular complexity index is 1240. The van der Waals surface area contributed by atoms with Crippen molar-refractivity contribution in [2.24, 2.45) is 0 Å². The minimum Gasteiger partial charge on any atom is -0.378 e. The lowest BCUT2D eigenvalue weighted by atomic mass is 10.1. The summed E-state index contributed by atoms with van der Waals surface area (Å²) in [6.45, 7) is 4.83. The fourth-order valence-corrected chi connectivity index (χ4v) is 4.57. The molecule has 4 aromatic rings. The first kappa shape index (κ1) is 21.2. The van der Waals surface area contributed by atoms with Crippen molar-refractivity contribution < 1.29 is 4.79 Å². The van der Waals surface area contributed by atoms with Crippen LogP contribution in [0.5, 0.6) is 0 Å². The van der Waals surface area contributed by atoms with Gasteiger partial charge >= 0.3 is 0 Å². The van der Waals surface area contributed by atoms with Crippen molar-refractivity contribution in [2.45, 2.75) is 37.0 Å². The lowest BCUT2D eigenvalue weighted by molar-refractivity contribution is -0.114. The Hall–Kier alpha value is -3.03. The number of carbonyl (C=O) groups excluding carboxylic acids is 1. The third-order valence-corrected chi connectivity index (χ3v) is 6.06. The van der Waals surface area contributed by atoms with Crippen LogP contribution >= 0.6 is 23.4 Å². The maximum absolute atomic E-state index is 11.9. The molecule has 0 aliphatic heterocycles. The number of nitrogens with zero attached hydrogens (tertiary/aromatic N) is 3. The Morgan fingerprint density at radius 1 is 1.10 bits per heavy atom. The highest BCUT2D eigenvalue weighted by atomic mass is 35.5. The first-order chi connectivity index (χ1) is 15.0. The molecule has 6 nitrogen and oxygen atoms in total. The van der Waals surface area contributed by atoms with Crippen LogP contribution in [-0.4, -0.2) is 20.7 Å². The van der Waals surface area contributed by atoms with Gasteiger partial charge in [-0.1, -0.05) is 48.0 Å². The lowest BCUT2D eigenvalue weighted by Crippen LogP contribution is -2.09. The van der Waals surface area contributed by atoms with Gasteiger partial charge in [0, 0.05) is 34.5 Å². The minimum absolute atomic E-state index is 0.110. The van der Waals surface area contributed by atoms with Gasteiger partial charge < -0.3 is 15.2 Å². The average Bonchev–Trinajstić information content (AvgIpc) is 3.15. The van der Waals surface area contributed by atoms with Crippen LogP contribution in [0.2, 0.25) is 5.02 Å². The van der Waals surface area contributed by atoms with Crippen LogP contribution in [0.3, 0.4) is 0 Å². The van der Waals surface area contributed by atoms with E-state index in [2.05, 4.69) is 38.4 Å². The van der Waals surface area contributed by atoms with E-state index in [9.17, 15) is 4.79 Å². The molecule has 2 N–H and O–H groups in total. The first-order valence-electron chi connectivity index (χ1n) is 9.94. The number of aromatic nitrogens is 3. The fraction of sp³-hybridized carbons (Fsp3) is 0.174. The molecule has 0 atom stereocenters. The monoisotopic (exact) mass is 451 g/mol. The number of carbonyl (C=O) groups is 1. The first-order valence-corrected chi connectivity index (χ1v) is 11.1. The molecule has 4 rings (SSSR count). The molecule has 3 aromatic carbocycles. The molecule has 0 saturated carbocycles. The zero-order valence-electron chi connectivity index (χ0n) is 17.2. The Balaban J connectivity index is 1.62. The normalized spacial score (nSPS) is 10.9. The number of halogens is 1. The van der Waals surface area contributed by atoms with E-state index in [0.29, 0.717) is 11.6 Å². The topological polar surface area (TPSA) is 71.8 Å². The van der Waals surface area contributed by atoms with Gasteiger partial charge in [0.2, 0.25) is 5.91 Å². The van der Waals surface area contributed by atoms with Crippen LogP contribution in [0.15, 0.2) is 70.7 Å². The van der Waals surface area contributed by atoms with Crippen LogP contribution in [0.1, 0.15) is 19.7 Å². The van der Waals surface area contributed by atoms with Crippen molar-refractivity contribution in [3.05, 3.63) is 71.5 Å². The molecular weight excluding hydrogens is 430 g/mol. The van der Waals surface area contributed by atoms with Gasteiger partial charge in [-0.25, -0.2) is 0 Å². The third kappa shape index (κ3) is 4.84. The number of anilines is 2. The Morgan fingerprint density at radius 3 is 2.71 bits per heavy atom. The predicted molar refractivity (Wildman–Crippen MR) is 127 cm³/mol. The number of nitrogens with one attached hydrogen (secondary N) is 2. The maximum atomic E-state index is 11.9. The van der Waals surface area contributed by atoms with E-state index in [4.69, 9.17) is 11.6 Å². The van der Waals surface area contributed by atoms with E-state index < -0.39 is 0 Å². The van der Waals surface area contributed by atoms with Crippen molar-refractivity contribution in [3.8, 4) is 0 Å². The van der Waals surface area contributed by atoms with E-state index in [-0.39, 0.29) is 5.91 Å². The number of hydrogen-bond acceptors (Lipinski definition) is 5. The zero-order chi connectivity index (χ0) is 21.8. The SMILES string of the molecule is CCn1c(CNc2cccc(Cl)c2)nnc1Sc1ccc2ccccc2c1NC(C)=O. The van der Waals surface area contributed by atoms with Crippen molar-refractivity contribution in [1.29, 1.82) is 0 Å². The summed E-state index contributed by atoms with van der Waals surface area (Å²) in [5, 5.41) is 18.6. The predicted octanol–water partition coefficient (Wildman–Crippen LogP) is 5.83. The minimum atomic E-state index is -0.110. The molecule has 0 saturated heterocycles. The van der Waals surface area contributed by atoms with Gasteiger partial charge in [0.25, 0.3) is 0 Å². The number of amides is 1. The zero-order valence-corrected chi connectivity index (χ0v) is 18.8. The quantitative estimate of drug-likeness (QED) is 0.370. The number of rotatable bonds is 7. The second-order valence-corrected chi connectivity index (χ2v) is 8.40. The van der Waals surface area contributed by atoms with Gasteiger partial charge in [-0.15, -0.1) is 10.2 Å². The van der Waals surface area contributed by atoms with Gasteiger partial charge in [0.1, 0.15) is 0 Å². The second-order valence-electron chi connectivity index (χ2n) is 6.95. The summed E-state index contributed by atoms with van der Waals surface area (Å²) in [4.78, 5) is 12.8. The van der Waals surface area contributed by atoms with Crippen molar-refractivity contribution >= 4 is 51.4 Å². The molecule has 8 heteroatoms. The van der Waals surface area contributed by atoms with Gasteiger partial charge in [-0.2, -0.15) is 0 Å². The summed E-state index contributed by atoms with van der Waals surface area (Å²) < 4.78 is 2.06. The van der Waals surface area contributed by atoms with Crippen molar-refractivity contribution in [3.63, 3.8) is 0 Å². The molecule has 0 aliphatic carbocycles. The van der Waals surface area contributed by atoms with Gasteiger partial charge in [-0.3, -0.25) is 4.79 Å². The summed E-state index contributed by atoms with van der Waals surface area (Å²) in [5.41, 5.74) is 1.72. The van der Waals surface area contributed by atoms with Gasteiger partial charge in [0.05, 0.1) is 12.2 Å². The molecule has 0 spiro atoms. The molecule has 0 aliphatic rings. The van der Waals surface area contributed by atoms with E-state index in [1.165, 1.54) is 18.7 Å². The summed E-state index contributed by atoms with van der Waals surface area (Å²) in [6, 6.07) is 19.6. The van der Waals surface area contributed by atoms with Crippen molar-refractivity contribution in [2.75, 3.05) is 10.6 Å². The van der Waals surface area contributed by atoms with Gasteiger partial charge in [-0.05, 0) is 48.3 Å². The van der Waals surface area contributed by atoms with Crippen LogP contribution in [0, 0.1) is 0 Å². The Morgan fingerprint density at radius 2 is 1.94 bits per heavy atom. The summed E-state index contributed by atoms with van der Waals surface area (Å²) in [6.07, 6.45) is 0. The number of benzene rings is 3. The van der Waals surface area contributed by atoms with E-state index >= 15 is 0 Å². The largest absolute Gasteiger partial charge is 0.378 e. The molecule has 31 heavy (non-hydrogen) atoms. The molecule has 1 aromatic heterocycles. The lowest BCUT2D eigenvalue weighted by Gasteiger charge is -2.14. The molecular formula is C23H22ClN5OS. The smallest absolute Gasteiger partial charge is 0.221 e. The van der Waals surface area contributed by atoms with Crippen LogP contribution < -0.4 is 10.6 Å². The van der Waals surface area contributed by atoms with E-state index in [1.54, 1.807) is 0 Å². The molecule has 0 unspecified atom stereocenters. The fourth-order valence-electron chi connectivity index (χ4n) is 3.36. The Kier molecular flexibility index (Phi) is 6.44.